The van der Waals surface area contributed by atoms with Gasteiger partial charge in [0, 0.05) is 11.8 Å². The van der Waals surface area contributed by atoms with E-state index in [9.17, 15) is 4.79 Å². The molecule has 2 aromatic carbocycles. The highest BCUT2D eigenvalue weighted by atomic mass is 16.6. The number of nitrogens with zero attached hydrogens (tertiary/aromatic N) is 2. The van der Waals surface area contributed by atoms with Crippen LogP contribution in [0.3, 0.4) is 0 Å². The predicted octanol–water partition coefficient (Wildman–Crippen LogP) is 4.96. The molecule has 4 nitrogen and oxygen atoms in total. The first kappa shape index (κ1) is 20.4. The summed E-state index contributed by atoms with van der Waals surface area (Å²) in [6, 6.07) is 17.4. The van der Waals surface area contributed by atoms with Crippen molar-refractivity contribution in [3.63, 3.8) is 0 Å². The third kappa shape index (κ3) is 3.21. The number of hydrogen-bond acceptors (Lipinski definition) is 3. The molecule has 0 spiro atoms. The number of ether oxygens (including phenoxy) is 1. The Morgan fingerprint density at radius 3 is 2.61 bits per heavy atom. The molecule has 160 valence electrons. The molecule has 2 fully saturated rings. The summed E-state index contributed by atoms with van der Waals surface area (Å²) >= 11 is 0. The average molecular weight is 414 g/mol. The summed E-state index contributed by atoms with van der Waals surface area (Å²) in [5.41, 5.74) is 4.88. The lowest BCUT2D eigenvalue weighted by atomic mass is 9.60. The van der Waals surface area contributed by atoms with Crippen molar-refractivity contribution in [2.24, 2.45) is 10.9 Å². The molecule has 1 amide bonds. The van der Waals surface area contributed by atoms with Crippen LogP contribution in [-0.4, -0.2) is 41.6 Å². The lowest BCUT2D eigenvalue weighted by Gasteiger charge is -2.46. The number of fused-ring (bicyclic) bond motifs is 3. The maximum absolute atomic E-state index is 13.4. The molecule has 31 heavy (non-hydrogen) atoms. The third-order valence-corrected chi connectivity index (χ3v) is 7.32. The Kier molecular flexibility index (Phi) is 4.58. The fourth-order valence-corrected chi connectivity index (χ4v) is 6.00. The van der Waals surface area contributed by atoms with Gasteiger partial charge < -0.3 is 9.64 Å². The van der Waals surface area contributed by atoms with Gasteiger partial charge in [0.1, 0.15) is 13.4 Å². The molecule has 5 rings (SSSR count). The molecule has 1 saturated carbocycles. The second-order valence-corrected chi connectivity index (χ2v) is 10.6. The quantitative estimate of drug-likeness (QED) is 0.652. The summed E-state index contributed by atoms with van der Waals surface area (Å²) < 4.78 is 5.90. The molecule has 0 N–H and O–H groups in total. The van der Waals surface area contributed by atoms with Crippen molar-refractivity contribution in [2.75, 3.05) is 0 Å². The minimum atomic E-state index is -0.518. The van der Waals surface area contributed by atoms with Gasteiger partial charge in [-0.25, -0.2) is 4.79 Å². The molecular weight excluding hydrogens is 383 g/mol. The van der Waals surface area contributed by atoms with E-state index < -0.39 is 11.0 Å². The zero-order chi connectivity index (χ0) is 22.0. The van der Waals surface area contributed by atoms with E-state index in [1.165, 1.54) is 16.7 Å². The fraction of sp³-hybridized carbons (Fsp3) is 0.462. The molecule has 1 aliphatic carbocycles. The van der Waals surface area contributed by atoms with E-state index in [2.05, 4.69) is 63.3 Å². The Hall–Kier alpha value is -2.56. The highest BCUT2D eigenvalue weighted by molar-refractivity contribution is 6.34. The van der Waals surface area contributed by atoms with Crippen LogP contribution in [0.5, 0.6) is 0 Å². The van der Waals surface area contributed by atoms with Crippen LogP contribution in [0, 0.1) is 12.8 Å². The first-order valence-electron chi connectivity index (χ1n) is 11.5. The van der Waals surface area contributed by atoms with Crippen molar-refractivity contribution < 1.29 is 9.53 Å². The van der Waals surface area contributed by atoms with E-state index >= 15 is 0 Å². The maximum Gasteiger partial charge on any atom is 0.410 e. The van der Waals surface area contributed by atoms with Crippen LogP contribution in [0.2, 0.25) is 0 Å². The molecule has 2 heterocycles. The highest BCUT2D eigenvalue weighted by Crippen LogP contribution is 2.54. The Balaban J connectivity index is 1.63. The van der Waals surface area contributed by atoms with Crippen LogP contribution in [0.4, 0.5) is 10.5 Å². The molecular formula is C26H31BN2O2. The Morgan fingerprint density at radius 1 is 1.16 bits per heavy atom. The van der Waals surface area contributed by atoms with Crippen LogP contribution >= 0.6 is 0 Å². The number of aliphatic imine (C=N–C) groups is 1. The molecule has 1 unspecified atom stereocenters. The van der Waals surface area contributed by atoms with Crippen LogP contribution in [0.15, 0.2) is 53.5 Å². The first-order valence-corrected chi connectivity index (χ1v) is 11.5. The van der Waals surface area contributed by atoms with Gasteiger partial charge in [-0.1, -0.05) is 48.0 Å². The van der Waals surface area contributed by atoms with Gasteiger partial charge in [0.05, 0.1) is 17.0 Å². The molecule has 0 aromatic heterocycles. The van der Waals surface area contributed by atoms with E-state index in [-0.39, 0.29) is 18.1 Å². The predicted molar refractivity (Wildman–Crippen MR) is 127 cm³/mol. The summed E-state index contributed by atoms with van der Waals surface area (Å²) in [6.07, 6.45) is 3.01. The number of likely N-dealkylation sites (tertiary alicyclic amines) is 1. The first-order chi connectivity index (χ1) is 14.7. The van der Waals surface area contributed by atoms with Crippen molar-refractivity contribution in [3.05, 3.63) is 65.2 Å². The van der Waals surface area contributed by atoms with Gasteiger partial charge in [-0.05, 0) is 70.1 Å². The lowest BCUT2D eigenvalue weighted by Crippen LogP contribution is -2.62. The Labute approximate surface area is 186 Å². The van der Waals surface area contributed by atoms with Crippen LogP contribution in [-0.2, 0) is 4.74 Å². The number of hydrogen-bond donors (Lipinski definition) is 0. The SMILES string of the molecule is B[C@@]1(C2=Nc3ccc(C)cc3C2c2ccccc2)[C@H]2CC[C@H](C2)N1C(=O)OC(C)(C)C. The number of piperidine rings is 1. The van der Waals surface area contributed by atoms with E-state index in [4.69, 9.17) is 9.73 Å². The number of carbonyl (C=O) groups is 1. The maximum atomic E-state index is 13.4. The molecule has 2 aromatic rings. The number of carbonyl (C=O) groups excluding carboxylic acids is 1. The van der Waals surface area contributed by atoms with Crippen molar-refractivity contribution in [1.82, 2.24) is 4.90 Å². The topological polar surface area (TPSA) is 41.9 Å². The molecule has 0 radical (unpaired) electrons. The van der Waals surface area contributed by atoms with E-state index in [0.717, 1.165) is 30.7 Å². The average Bonchev–Trinajstić information content (AvgIpc) is 3.39. The van der Waals surface area contributed by atoms with Gasteiger partial charge >= 0.3 is 6.09 Å². The Bertz CT molecular complexity index is 1060. The summed E-state index contributed by atoms with van der Waals surface area (Å²) in [5, 5.41) is 0. The molecule has 3 aliphatic rings. The van der Waals surface area contributed by atoms with Gasteiger partial charge in [0.25, 0.3) is 0 Å². The largest absolute Gasteiger partial charge is 0.444 e. The standard InChI is InChI=1S/C26H31BN2O2/c1-16-10-13-21-20(14-16)22(17-8-6-5-7-9-17)23(28-21)26(27)18-11-12-19(15-18)29(26)24(30)31-25(2,3)4/h5-10,13-14,18-19,22H,11-12,15,27H2,1-4H3/t18-,19+,22?,26-/m0/s1. The summed E-state index contributed by atoms with van der Waals surface area (Å²) in [5.74, 6) is 0.468. The lowest BCUT2D eigenvalue weighted by molar-refractivity contribution is 0.00943. The van der Waals surface area contributed by atoms with Gasteiger partial charge in [0.15, 0.2) is 0 Å². The molecule has 4 atom stereocenters. The highest BCUT2D eigenvalue weighted by Gasteiger charge is 2.61. The smallest absolute Gasteiger partial charge is 0.410 e. The number of benzene rings is 2. The van der Waals surface area contributed by atoms with Crippen LogP contribution < -0.4 is 0 Å². The summed E-state index contributed by atoms with van der Waals surface area (Å²) in [4.78, 5) is 20.7. The van der Waals surface area contributed by atoms with E-state index in [1.54, 1.807) is 0 Å². The molecule has 2 aliphatic heterocycles. The van der Waals surface area contributed by atoms with Gasteiger partial charge in [0.2, 0.25) is 0 Å². The van der Waals surface area contributed by atoms with Crippen molar-refractivity contribution in [2.45, 2.75) is 70.0 Å². The minimum absolute atomic E-state index is 0.0605. The third-order valence-electron chi connectivity index (χ3n) is 7.32. The fourth-order valence-electron chi connectivity index (χ4n) is 6.00. The summed E-state index contributed by atoms with van der Waals surface area (Å²) in [7, 11) is 2.23. The number of rotatable bonds is 2. The van der Waals surface area contributed by atoms with Crippen LogP contribution in [0.1, 0.15) is 62.6 Å². The molecule has 5 heteroatoms. The van der Waals surface area contributed by atoms with Crippen LogP contribution in [0.25, 0.3) is 0 Å². The molecule has 2 bridgehead atoms. The normalized spacial score (nSPS) is 29.1. The van der Waals surface area contributed by atoms with Crippen molar-refractivity contribution >= 4 is 25.3 Å². The minimum Gasteiger partial charge on any atom is -0.444 e. The van der Waals surface area contributed by atoms with E-state index in [1.807, 2.05) is 25.7 Å². The monoisotopic (exact) mass is 414 g/mol. The Morgan fingerprint density at radius 2 is 1.90 bits per heavy atom. The van der Waals surface area contributed by atoms with Gasteiger partial charge in [-0.3, -0.25) is 4.99 Å². The van der Waals surface area contributed by atoms with E-state index in [0.29, 0.717) is 5.92 Å². The zero-order valence-corrected chi connectivity index (χ0v) is 19.2. The van der Waals surface area contributed by atoms with Gasteiger partial charge in [-0.15, -0.1) is 0 Å². The summed E-state index contributed by atoms with van der Waals surface area (Å²) in [6.45, 7) is 7.95. The van der Waals surface area contributed by atoms with Crippen molar-refractivity contribution in [1.29, 1.82) is 0 Å². The zero-order valence-electron chi connectivity index (χ0n) is 19.2. The number of aryl methyl sites for hydroxylation is 1. The van der Waals surface area contributed by atoms with Crippen molar-refractivity contribution in [3.8, 4) is 0 Å². The second kappa shape index (κ2) is 6.98. The number of amides is 1. The molecule has 1 saturated heterocycles. The van der Waals surface area contributed by atoms with Gasteiger partial charge in [-0.2, -0.15) is 0 Å². The second-order valence-electron chi connectivity index (χ2n) is 10.6.